The predicted molar refractivity (Wildman–Crippen MR) is 166 cm³/mol. The summed E-state index contributed by atoms with van der Waals surface area (Å²) in [7, 11) is 3.24. The van der Waals surface area contributed by atoms with Crippen molar-refractivity contribution in [3.8, 4) is 0 Å². The van der Waals surface area contributed by atoms with E-state index in [4.69, 9.17) is 0 Å². The molecule has 0 aliphatic heterocycles. The molecule has 3 rings (SSSR count). The van der Waals surface area contributed by atoms with E-state index in [0.717, 1.165) is 39.9 Å². The van der Waals surface area contributed by atoms with Crippen molar-refractivity contribution in [1.29, 1.82) is 0 Å². The van der Waals surface area contributed by atoms with Gasteiger partial charge >= 0.3 is 17.9 Å². The number of pyridine rings is 3. The first-order chi connectivity index (χ1) is 23.9. The number of hydrogen-bond donors (Lipinski definition) is 7. The van der Waals surface area contributed by atoms with E-state index in [-0.39, 0.29) is 33.8 Å². The molecule has 50 heavy (non-hydrogen) atoms. The Labute approximate surface area is 283 Å². The highest BCUT2D eigenvalue weighted by Gasteiger charge is 2.39. The van der Waals surface area contributed by atoms with Crippen molar-refractivity contribution in [2.45, 2.75) is 23.7 Å². The summed E-state index contributed by atoms with van der Waals surface area (Å²) < 4.78 is 13.6. The van der Waals surface area contributed by atoms with Crippen LogP contribution < -0.4 is 16.0 Å². The summed E-state index contributed by atoms with van der Waals surface area (Å²) in [5, 5.41) is 47.3. The molecule has 0 saturated heterocycles. The highest BCUT2D eigenvalue weighted by Crippen LogP contribution is 2.33. The molecule has 0 fully saturated rings. The summed E-state index contributed by atoms with van der Waals surface area (Å²) in [6, 6.07) is 3.42. The highest BCUT2D eigenvalue weighted by molar-refractivity contribution is 5.98. The van der Waals surface area contributed by atoms with Crippen LogP contribution in [0.5, 0.6) is 0 Å². The molecular formula is C31H34N6O13. The third kappa shape index (κ3) is 8.76. The van der Waals surface area contributed by atoms with Gasteiger partial charge in [0.1, 0.15) is 0 Å². The van der Waals surface area contributed by atoms with Crippen molar-refractivity contribution >= 4 is 35.6 Å². The van der Waals surface area contributed by atoms with Gasteiger partial charge in [0, 0.05) is 18.6 Å². The third-order valence-electron chi connectivity index (χ3n) is 7.11. The van der Waals surface area contributed by atoms with Gasteiger partial charge in [-0.2, -0.15) is 0 Å². The second-order valence-corrected chi connectivity index (χ2v) is 10.2. The van der Waals surface area contributed by atoms with Crippen LogP contribution >= 0.6 is 0 Å². The molecule has 0 radical (unpaired) electrons. The van der Waals surface area contributed by atoms with Crippen molar-refractivity contribution in [1.82, 2.24) is 30.9 Å². The summed E-state index contributed by atoms with van der Waals surface area (Å²) in [5.74, 6) is -5.08. The summed E-state index contributed by atoms with van der Waals surface area (Å²) in [4.78, 5) is 86.2. The minimum Gasteiger partial charge on any atom is -0.467 e. The summed E-state index contributed by atoms with van der Waals surface area (Å²) in [5.41, 5.74) is -2.98. The average molecular weight is 699 g/mol. The van der Waals surface area contributed by atoms with Crippen molar-refractivity contribution in [2.75, 3.05) is 41.2 Å². The average Bonchev–Trinajstić information content (AvgIpc) is 3.16. The second-order valence-electron chi connectivity index (χ2n) is 10.2. The molecule has 3 aromatic rings. The first kappa shape index (κ1) is 38.6. The van der Waals surface area contributed by atoms with Gasteiger partial charge in [0.05, 0.1) is 74.9 Å². The Morgan fingerprint density at radius 1 is 0.560 bits per heavy atom. The number of methoxy groups -OCH3 is 3. The van der Waals surface area contributed by atoms with Gasteiger partial charge in [-0.15, -0.1) is 0 Å². The van der Waals surface area contributed by atoms with E-state index >= 15 is 0 Å². The molecule has 0 aliphatic rings. The Morgan fingerprint density at radius 2 is 0.820 bits per heavy atom. The summed E-state index contributed by atoms with van der Waals surface area (Å²) >= 11 is 0. The van der Waals surface area contributed by atoms with E-state index < -0.39 is 79.2 Å². The standard InChI is InChI=1S/C31H34N6O13/c1-48-28(44)19(13-38)35-25(41)16-4-7-22(32-10-16)31(47,23-8-5-17(11-33-23)26(42)36-20(14-39)29(45)49-2)24-9-6-18(12-34-24)27(43)37-21(15-40)30(46)50-3/h4-12,19-21,38-40,47H,13-15H2,1-3H3,(H,35,41)(H,36,42)(H,37,43)/t19-,20-,21-/m0/s1. The zero-order chi connectivity index (χ0) is 37.0. The molecule has 0 saturated carbocycles. The molecule has 0 bridgehead atoms. The Morgan fingerprint density at radius 3 is 1.00 bits per heavy atom. The van der Waals surface area contributed by atoms with Crippen LogP contribution in [-0.2, 0) is 34.2 Å². The van der Waals surface area contributed by atoms with E-state index in [0.29, 0.717) is 0 Å². The highest BCUT2D eigenvalue weighted by atomic mass is 16.5. The Hall–Kier alpha value is -5.89. The Balaban J connectivity index is 2.02. The van der Waals surface area contributed by atoms with E-state index in [1.807, 2.05) is 0 Å². The molecule has 3 aromatic heterocycles. The lowest BCUT2D eigenvalue weighted by Crippen LogP contribution is -2.44. The maximum atomic E-state index is 12.7. The van der Waals surface area contributed by atoms with E-state index in [9.17, 15) is 49.2 Å². The van der Waals surface area contributed by atoms with Gasteiger partial charge in [-0.1, -0.05) is 0 Å². The van der Waals surface area contributed by atoms with Crippen LogP contribution in [0.15, 0.2) is 55.0 Å². The van der Waals surface area contributed by atoms with Gasteiger partial charge < -0.3 is 50.6 Å². The van der Waals surface area contributed by atoms with E-state index in [1.54, 1.807) is 0 Å². The van der Waals surface area contributed by atoms with Crippen molar-refractivity contribution in [3.63, 3.8) is 0 Å². The number of amides is 3. The maximum Gasteiger partial charge on any atom is 0.330 e. The number of aliphatic hydroxyl groups is 4. The van der Waals surface area contributed by atoms with Crippen LogP contribution in [0, 0.1) is 0 Å². The van der Waals surface area contributed by atoms with Crippen LogP contribution in [0.4, 0.5) is 0 Å². The van der Waals surface area contributed by atoms with Crippen molar-refractivity contribution < 1.29 is 63.4 Å². The van der Waals surface area contributed by atoms with Gasteiger partial charge in [-0.05, 0) is 36.4 Å². The molecule has 7 N–H and O–H groups in total. The SMILES string of the molecule is COC(=O)[C@H](CO)NC(=O)c1ccc(C(O)(c2ccc(C(=O)N[C@@H](CO)C(=O)OC)cn2)c2ccc(C(=O)N[C@@H](CO)C(=O)OC)cn2)nc1. The molecule has 19 heteroatoms. The maximum absolute atomic E-state index is 12.7. The number of carbonyl (C=O) groups is 6. The summed E-state index contributed by atoms with van der Waals surface area (Å²) in [6.45, 7) is -2.22. The minimum atomic E-state index is -2.31. The number of hydrogen-bond acceptors (Lipinski definition) is 16. The number of esters is 3. The van der Waals surface area contributed by atoms with E-state index in [2.05, 4.69) is 45.1 Å². The molecule has 3 amide bonds. The van der Waals surface area contributed by atoms with Crippen LogP contribution in [0.2, 0.25) is 0 Å². The first-order valence-electron chi connectivity index (χ1n) is 14.5. The smallest absolute Gasteiger partial charge is 0.330 e. The fraction of sp³-hybridized carbons (Fsp3) is 0.323. The lowest BCUT2D eigenvalue weighted by molar-refractivity contribution is -0.144. The zero-order valence-electron chi connectivity index (χ0n) is 26.9. The number of carbonyl (C=O) groups excluding carboxylic acids is 6. The monoisotopic (exact) mass is 698 g/mol. The number of rotatable bonds is 15. The van der Waals surface area contributed by atoms with Crippen LogP contribution in [0.25, 0.3) is 0 Å². The molecule has 266 valence electrons. The molecule has 0 spiro atoms. The number of ether oxygens (including phenoxy) is 3. The molecular weight excluding hydrogens is 664 g/mol. The molecule has 3 atom stereocenters. The van der Waals surface area contributed by atoms with Crippen molar-refractivity contribution in [3.05, 3.63) is 88.8 Å². The quantitative estimate of drug-likeness (QED) is 0.0613. The third-order valence-corrected chi connectivity index (χ3v) is 7.11. The van der Waals surface area contributed by atoms with Gasteiger partial charge in [-0.25, -0.2) is 14.4 Å². The first-order valence-corrected chi connectivity index (χ1v) is 14.5. The topological polar surface area (TPSA) is 286 Å². The van der Waals surface area contributed by atoms with Gasteiger partial charge in [0.2, 0.25) is 0 Å². The second kappa shape index (κ2) is 17.5. The summed E-state index contributed by atoms with van der Waals surface area (Å²) in [6.07, 6.45) is 3.19. The van der Waals surface area contributed by atoms with Gasteiger partial charge in [0.15, 0.2) is 23.7 Å². The molecule has 0 aliphatic carbocycles. The predicted octanol–water partition coefficient (Wildman–Crippen LogP) is -3.05. The lowest BCUT2D eigenvalue weighted by Gasteiger charge is -2.27. The Kier molecular flexibility index (Phi) is 13.5. The van der Waals surface area contributed by atoms with E-state index in [1.165, 1.54) is 36.4 Å². The molecule has 19 nitrogen and oxygen atoms in total. The molecule has 3 heterocycles. The van der Waals surface area contributed by atoms with Crippen molar-refractivity contribution in [2.24, 2.45) is 0 Å². The number of nitrogens with zero attached hydrogens (tertiary/aromatic N) is 3. The Bertz CT molecular complexity index is 1490. The molecule has 0 unspecified atom stereocenters. The number of aromatic nitrogens is 3. The normalized spacial score (nSPS) is 12.8. The fourth-order valence-electron chi connectivity index (χ4n) is 4.31. The zero-order valence-corrected chi connectivity index (χ0v) is 26.9. The largest absolute Gasteiger partial charge is 0.467 e. The van der Waals surface area contributed by atoms with Crippen LogP contribution in [0.3, 0.4) is 0 Å². The van der Waals surface area contributed by atoms with Gasteiger partial charge in [0.25, 0.3) is 17.7 Å². The fourth-order valence-corrected chi connectivity index (χ4v) is 4.31. The number of aliphatic hydroxyl groups excluding tert-OH is 3. The number of nitrogens with one attached hydrogen (secondary N) is 3. The molecule has 0 aromatic carbocycles. The lowest BCUT2D eigenvalue weighted by atomic mass is 9.89. The van der Waals surface area contributed by atoms with Gasteiger partial charge in [-0.3, -0.25) is 29.3 Å². The van der Waals surface area contributed by atoms with Crippen LogP contribution in [-0.4, -0.2) is 130 Å². The van der Waals surface area contributed by atoms with Crippen LogP contribution in [0.1, 0.15) is 48.2 Å². The minimum absolute atomic E-state index is 0.0773.